The Morgan fingerprint density at radius 3 is 2.45 bits per heavy atom. The van der Waals surface area contributed by atoms with Crippen LogP contribution >= 0.6 is 0 Å². The van der Waals surface area contributed by atoms with E-state index < -0.39 is 17.7 Å². The Bertz CT molecular complexity index is 988. The average Bonchev–Trinajstić information content (AvgIpc) is 2.71. The van der Waals surface area contributed by atoms with Crippen LogP contribution in [0.1, 0.15) is 11.3 Å². The fraction of sp³-hybridized carbons (Fsp3) is 0.0909. The number of ether oxygens (including phenoxy) is 1. The number of nitrogens with one attached hydrogen (secondary N) is 1. The predicted octanol–water partition coefficient (Wildman–Crippen LogP) is 5.25. The first-order valence-electron chi connectivity index (χ1n) is 8.70. The van der Waals surface area contributed by atoms with E-state index in [4.69, 9.17) is 4.74 Å². The number of amides is 1. The van der Waals surface area contributed by atoms with Gasteiger partial charge in [0.05, 0.1) is 11.3 Å². The third-order valence-corrected chi connectivity index (χ3v) is 3.88. The molecule has 1 heterocycles. The molecule has 0 spiro atoms. The van der Waals surface area contributed by atoms with Crippen molar-refractivity contribution in [2.75, 3.05) is 5.32 Å². The van der Waals surface area contributed by atoms with Gasteiger partial charge in [-0.1, -0.05) is 42.5 Å². The second-order valence-electron chi connectivity index (χ2n) is 6.05. The van der Waals surface area contributed by atoms with Crippen LogP contribution in [0.4, 0.5) is 18.9 Å². The number of carbonyl (C=O) groups excluding carboxylic acids is 1. The summed E-state index contributed by atoms with van der Waals surface area (Å²) in [7, 11) is 0. The van der Waals surface area contributed by atoms with E-state index in [9.17, 15) is 18.0 Å². The maximum Gasteiger partial charge on any atom is 0.417 e. The normalized spacial score (nSPS) is 11.8. The van der Waals surface area contributed by atoms with Gasteiger partial charge in [-0.15, -0.1) is 0 Å². The molecule has 148 valence electrons. The van der Waals surface area contributed by atoms with Crippen LogP contribution in [0, 0.1) is 0 Å². The molecule has 0 saturated heterocycles. The van der Waals surface area contributed by atoms with Gasteiger partial charge in [-0.2, -0.15) is 13.2 Å². The Morgan fingerprint density at radius 1 is 1.00 bits per heavy atom. The lowest BCUT2D eigenvalue weighted by molar-refractivity contribution is -0.112. The molecule has 3 rings (SSSR count). The summed E-state index contributed by atoms with van der Waals surface area (Å²) in [4.78, 5) is 16.3. The lowest BCUT2D eigenvalue weighted by atomic mass is 10.1. The van der Waals surface area contributed by atoms with Gasteiger partial charge in [-0.25, -0.2) is 0 Å². The van der Waals surface area contributed by atoms with Gasteiger partial charge in [0.2, 0.25) is 5.91 Å². The van der Waals surface area contributed by atoms with Crippen LogP contribution in [0.5, 0.6) is 5.75 Å². The van der Waals surface area contributed by atoms with Crippen molar-refractivity contribution in [2.24, 2.45) is 0 Å². The van der Waals surface area contributed by atoms with Crippen LogP contribution in [-0.4, -0.2) is 17.1 Å². The number of carbonyl (C=O) groups is 1. The molecular formula is C22H17F3N2O2. The third kappa shape index (κ3) is 5.93. The SMILES string of the molecule is O=C(/C=C(\c1ccccc1)C(F)(F)F)Nc1cccc(OCc2ccccn2)c1. The highest BCUT2D eigenvalue weighted by molar-refractivity contribution is 6.04. The van der Waals surface area contributed by atoms with Crippen LogP contribution in [0.25, 0.3) is 5.57 Å². The fourth-order valence-electron chi connectivity index (χ4n) is 2.56. The first kappa shape index (κ1) is 20.1. The van der Waals surface area contributed by atoms with Crippen molar-refractivity contribution in [1.82, 2.24) is 4.98 Å². The summed E-state index contributed by atoms with van der Waals surface area (Å²) in [6, 6.07) is 19.0. The van der Waals surface area contributed by atoms with Gasteiger partial charge >= 0.3 is 6.18 Å². The van der Waals surface area contributed by atoms with Crippen molar-refractivity contribution in [1.29, 1.82) is 0 Å². The fourth-order valence-corrected chi connectivity index (χ4v) is 2.56. The molecule has 29 heavy (non-hydrogen) atoms. The summed E-state index contributed by atoms with van der Waals surface area (Å²) in [6.07, 6.45) is -2.46. The van der Waals surface area contributed by atoms with E-state index in [1.807, 2.05) is 6.07 Å². The number of alkyl halides is 3. The Balaban J connectivity index is 1.72. The van der Waals surface area contributed by atoms with Gasteiger partial charge in [-0.3, -0.25) is 9.78 Å². The number of anilines is 1. The maximum atomic E-state index is 13.4. The zero-order valence-corrected chi connectivity index (χ0v) is 15.2. The van der Waals surface area contributed by atoms with Crippen LogP contribution in [0.3, 0.4) is 0 Å². The van der Waals surface area contributed by atoms with E-state index in [1.165, 1.54) is 30.3 Å². The molecule has 7 heteroatoms. The highest BCUT2D eigenvalue weighted by Gasteiger charge is 2.35. The van der Waals surface area contributed by atoms with E-state index in [0.29, 0.717) is 17.5 Å². The number of benzene rings is 2. The number of hydrogen-bond acceptors (Lipinski definition) is 3. The molecule has 1 N–H and O–H groups in total. The zero-order chi connectivity index (χ0) is 20.7. The maximum absolute atomic E-state index is 13.4. The van der Waals surface area contributed by atoms with Gasteiger partial charge in [0.1, 0.15) is 12.4 Å². The van der Waals surface area contributed by atoms with Crippen molar-refractivity contribution < 1.29 is 22.7 Å². The smallest absolute Gasteiger partial charge is 0.417 e. The van der Waals surface area contributed by atoms with Crippen LogP contribution in [-0.2, 0) is 11.4 Å². The molecule has 4 nitrogen and oxygen atoms in total. The lowest BCUT2D eigenvalue weighted by Crippen LogP contribution is -2.16. The van der Waals surface area contributed by atoms with Crippen molar-refractivity contribution in [3.8, 4) is 5.75 Å². The largest absolute Gasteiger partial charge is 0.487 e. The number of aromatic nitrogens is 1. The Morgan fingerprint density at radius 2 is 1.76 bits per heavy atom. The standard InChI is InChI=1S/C22H17F3N2O2/c23-22(24,25)20(16-7-2-1-3-8-16)14-21(28)27-17-10-6-11-19(13-17)29-15-18-9-4-5-12-26-18/h1-14H,15H2,(H,27,28)/b20-14+. The molecule has 0 unspecified atom stereocenters. The zero-order valence-electron chi connectivity index (χ0n) is 15.2. The molecule has 0 saturated carbocycles. The molecule has 0 fully saturated rings. The van der Waals surface area contributed by atoms with E-state index in [1.54, 1.807) is 42.6 Å². The van der Waals surface area contributed by atoms with Crippen LogP contribution in [0.15, 0.2) is 85.1 Å². The topological polar surface area (TPSA) is 51.2 Å². The average molecular weight is 398 g/mol. The van der Waals surface area contributed by atoms with Crippen LogP contribution < -0.4 is 10.1 Å². The molecule has 1 amide bonds. The summed E-state index contributed by atoms with van der Waals surface area (Å²) >= 11 is 0. The number of rotatable bonds is 6. The molecule has 0 bridgehead atoms. The minimum atomic E-state index is -4.66. The third-order valence-electron chi connectivity index (χ3n) is 3.88. The first-order valence-corrected chi connectivity index (χ1v) is 8.70. The van der Waals surface area contributed by atoms with E-state index in [-0.39, 0.29) is 12.2 Å². The predicted molar refractivity (Wildman–Crippen MR) is 104 cm³/mol. The first-order chi connectivity index (χ1) is 13.9. The van der Waals surface area contributed by atoms with E-state index in [2.05, 4.69) is 10.3 Å². The van der Waals surface area contributed by atoms with Gasteiger partial charge in [0, 0.05) is 24.0 Å². The second-order valence-corrected chi connectivity index (χ2v) is 6.05. The molecule has 2 aromatic carbocycles. The Hall–Kier alpha value is -3.61. The van der Waals surface area contributed by atoms with Crippen LogP contribution in [0.2, 0.25) is 0 Å². The lowest BCUT2D eigenvalue weighted by Gasteiger charge is -2.12. The number of halogens is 3. The minimum absolute atomic E-state index is 0.0809. The highest BCUT2D eigenvalue weighted by atomic mass is 19.4. The molecule has 0 aliphatic heterocycles. The number of pyridine rings is 1. The number of hydrogen-bond donors (Lipinski definition) is 1. The summed E-state index contributed by atoms with van der Waals surface area (Å²) in [6.45, 7) is 0.227. The van der Waals surface area contributed by atoms with Gasteiger partial charge in [-0.05, 0) is 29.8 Å². The van der Waals surface area contributed by atoms with Gasteiger partial charge in [0.15, 0.2) is 0 Å². The molecule has 0 atom stereocenters. The van der Waals surface area contributed by atoms with Crippen molar-refractivity contribution in [3.63, 3.8) is 0 Å². The van der Waals surface area contributed by atoms with Gasteiger partial charge < -0.3 is 10.1 Å². The molecule has 1 aromatic heterocycles. The second kappa shape index (κ2) is 9.05. The Kier molecular flexibility index (Phi) is 6.29. The van der Waals surface area contributed by atoms with E-state index >= 15 is 0 Å². The van der Waals surface area contributed by atoms with Gasteiger partial charge in [0.25, 0.3) is 0 Å². The van der Waals surface area contributed by atoms with Crippen molar-refractivity contribution in [3.05, 3.63) is 96.3 Å². The highest BCUT2D eigenvalue weighted by Crippen LogP contribution is 2.33. The number of nitrogens with zero attached hydrogens (tertiary/aromatic N) is 1. The quantitative estimate of drug-likeness (QED) is 0.578. The van der Waals surface area contributed by atoms with Crippen molar-refractivity contribution in [2.45, 2.75) is 12.8 Å². The minimum Gasteiger partial charge on any atom is -0.487 e. The monoisotopic (exact) mass is 398 g/mol. The molecule has 3 aromatic rings. The summed E-state index contributed by atoms with van der Waals surface area (Å²) in [5, 5.41) is 2.44. The van der Waals surface area contributed by atoms with E-state index in [0.717, 1.165) is 5.69 Å². The summed E-state index contributed by atoms with van der Waals surface area (Å²) in [5.41, 5.74) is -0.0531. The van der Waals surface area contributed by atoms with Crippen molar-refractivity contribution >= 4 is 17.2 Å². The molecule has 0 aliphatic carbocycles. The molecule has 0 radical (unpaired) electrons. The summed E-state index contributed by atoms with van der Waals surface area (Å²) < 4.78 is 45.7. The number of allylic oxidation sites excluding steroid dienone is 1. The molecular weight excluding hydrogens is 381 g/mol. The summed E-state index contributed by atoms with van der Waals surface area (Å²) in [5.74, 6) is -0.431. The molecule has 0 aliphatic rings. The Labute approximate surface area is 165 Å².